The van der Waals surface area contributed by atoms with Crippen molar-refractivity contribution in [2.45, 2.75) is 142 Å². The molecule has 2 aromatic rings. The van der Waals surface area contributed by atoms with Gasteiger partial charge >= 0.3 is 24.4 Å². The first-order chi connectivity index (χ1) is 26.1. The number of amides is 4. The standard InChI is InChI=1S/C38H59N9O10/c1-35(2,3)54-31(48)39-22-15-23(40-32(49)55-36(4,5)6)19-45(18-22)29-30(44-28-17-26(47(52)53)13-14-27(28)43-29)46-20-24(41-33(50)56-37(7,8)9)16-25(21-46)42-34(51)57-38(10,11)12/h13-14,17,22-25H,15-16,18-21H2,1-12H3,(H,39,48)(H,40,49)(H,41,50)(H,42,51)/t22-,23+,24-,25+. The predicted molar refractivity (Wildman–Crippen MR) is 212 cm³/mol. The van der Waals surface area contributed by atoms with Crippen molar-refractivity contribution in [3.63, 3.8) is 0 Å². The van der Waals surface area contributed by atoms with E-state index in [9.17, 15) is 29.3 Å². The highest BCUT2D eigenvalue weighted by molar-refractivity contribution is 5.83. The van der Waals surface area contributed by atoms with Crippen LogP contribution in [0, 0.1) is 10.1 Å². The summed E-state index contributed by atoms with van der Waals surface area (Å²) in [6, 6.07) is 1.89. The van der Waals surface area contributed by atoms with Crippen molar-refractivity contribution in [3.8, 4) is 0 Å². The summed E-state index contributed by atoms with van der Waals surface area (Å²) in [5, 5.41) is 23.5. The molecule has 0 unspecified atom stereocenters. The van der Waals surface area contributed by atoms with Crippen LogP contribution in [0.2, 0.25) is 0 Å². The zero-order chi connectivity index (χ0) is 42.7. The maximum atomic E-state index is 13.0. The van der Waals surface area contributed by atoms with Gasteiger partial charge in [-0.1, -0.05) is 0 Å². The van der Waals surface area contributed by atoms with E-state index < -0.39 is 75.9 Å². The zero-order valence-corrected chi connectivity index (χ0v) is 35.1. The van der Waals surface area contributed by atoms with Crippen LogP contribution in [0.1, 0.15) is 95.9 Å². The van der Waals surface area contributed by atoms with Gasteiger partial charge in [-0.2, -0.15) is 0 Å². The highest BCUT2D eigenvalue weighted by atomic mass is 16.6. The normalized spacial score (nSPS) is 20.6. The fourth-order valence-corrected chi connectivity index (χ4v) is 6.42. The summed E-state index contributed by atoms with van der Waals surface area (Å²) in [5.41, 5.74) is -2.71. The first-order valence-electron chi connectivity index (χ1n) is 19.1. The predicted octanol–water partition coefficient (Wildman–Crippen LogP) is 5.53. The number of nitrogens with one attached hydrogen (secondary N) is 4. The number of aromatic nitrogens is 2. The molecule has 1 aromatic heterocycles. The molecule has 2 aliphatic heterocycles. The van der Waals surface area contributed by atoms with E-state index in [1.54, 1.807) is 83.1 Å². The highest BCUT2D eigenvalue weighted by Crippen LogP contribution is 2.34. The van der Waals surface area contributed by atoms with Crippen LogP contribution in [0.25, 0.3) is 11.0 Å². The van der Waals surface area contributed by atoms with Crippen LogP contribution in [0.4, 0.5) is 36.5 Å². The fraction of sp³-hybridized carbons (Fsp3) is 0.684. The molecule has 3 heterocycles. The van der Waals surface area contributed by atoms with E-state index in [1.807, 2.05) is 9.80 Å². The molecule has 0 bridgehead atoms. The number of fused-ring (bicyclic) bond motifs is 1. The molecule has 1 aromatic carbocycles. The molecule has 4 rings (SSSR count). The SMILES string of the molecule is CC(C)(C)OC(=O)N[C@@H]1C[C@H](NC(=O)OC(C)(C)C)CN(c2nc3ccc([N+](=O)[O-])cc3nc2N2C[C@H](NC(=O)OC(C)(C)C)C[C@H](NC(=O)OC(C)(C)C)C2)C1. The zero-order valence-electron chi connectivity index (χ0n) is 35.1. The Balaban J connectivity index is 1.81. The molecule has 4 amide bonds. The molecule has 0 radical (unpaired) electrons. The summed E-state index contributed by atoms with van der Waals surface area (Å²) >= 11 is 0. The van der Waals surface area contributed by atoms with Gasteiger partial charge in [0.05, 0.1) is 40.1 Å². The largest absolute Gasteiger partial charge is 0.444 e. The lowest BCUT2D eigenvalue weighted by molar-refractivity contribution is -0.384. The van der Waals surface area contributed by atoms with E-state index in [0.29, 0.717) is 24.2 Å². The van der Waals surface area contributed by atoms with Gasteiger partial charge in [0.25, 0.3) is 5.69 Å². The number of hydrogen-bond donors (Lipinski definition) is 4. The number of alkyl carbamates (subject to hydrolysis) is 4. The van der Waals surface area contributed by atoms with Crippen molar-refractivity contribution >= 4 is 52.7 Å². The molecule has 4 atom stereocenters. The van der Waals surface area contributed by atoms with Crippen LogP contribution in [0.15, 0.2) is 18.2 Å². The third-order valence-electron chi connectivity index (χ3n) is 8.21. The van der Waals surface area contributed by atoms with Crippen LogP contribution in [-0.4, -0.2) is 112 Å². The Morgan fingerprint density at radius 3 is 1.16 bits per heavy atom. The third-order valence-corrected chi connectivity index (χ3v) is 8.21. The van der Waals surface area contributed by atoms with Crippen LogP contribution >= 0.6 is 0 Å². The number of nitrogens with zero attached hydrogens (tertiary/aromatic N) is 5. The number of non-ortho nitro benzene ring substituents is 1. The van der Waals surface area contributed by atoms with E-state index in [1.165, 1.54) is 18.2 Å². The quantitative estimate of drug-likeness (QED) is 0.153. The number of anilines is 2. The van der Waals surface area contributed by atoms with Gasteiger partial charge in [0, 0.05) is 38.3 Å². The topological polar surface area (TPSA) is 229 Å². The number of hydrogen-bond acceptors (Lipinski definition) is 14. The van der Waals surface area contributed by atoms with Crippen molar-refractivity contribution in [3.05, 3.63) is 28.3 Å². The smallest absolute Gasteiger partial charge is 0.407 e. The lowest BCUT2D eigenvalue weighted by Crippen LogP contribution is -2.59. The molecule has 2 fully saturated rings. The first-order valence-corrected chi connectivity index (χ1v) is 19.1. The van der Waals surface area contributed by atoms with E-state index in [0.717, 1.165) is 0 Å². The Morgan fingerprint density at radius 1 is 0.579 bits per heavy atom. The van der Waals surface area contributed by atoms with Gasteiger partial charge in [0.2, 0.25) is 0 Å². The van der Waals surface area contributed by atoms with Crippen LogP contribution in [0.5, 0.6) is 0 Å². The van der Waals surface area contributed by atoms with Crippen molar-refractivity contribution in [2.75, 3.05) is 36.0 Å². The molecule has 0 saturated carbocycles. The van der Waals surface area contributed by atoms with Crippen LogP contribution < -0.4 is 31.1 Å². The molecule has 2 saturated heterocycles. The summed E-state index contributed by atoms with van der Waals surface area (Å²) in [5.74, 6) is 0.612. The summed E-state index contributed by atoms with van der Waals surface area (Å²) < 4.78 is 22.2. The van der Waals surface area contributed by atoms with Gasteiger partial charge in [-0.3, -0.25) is 10.1 Å². The van der Waals surface area contributed by atoms with E-state index >= 15 is 0 Å². The third kappa shape index (κ3) is 14.3. The Hall–Kier alpha value is -5.36. The van der Waals surface area contributed by atoms with E-state index in [-0.39, 0.29) is 43.2 Å². The van der Waals surface area contributed by atoms with E-state index in [2.05, 4.69) is 21.3 Å². The molecule has 0 spiro atoms. The van der Waals surface area contributed by atoms with Crippen molar-refractivity contribution in [1.82, 2.24) is 31.2 Å². The molecule has 316 valence electrons. The Labute approximate surface area is 333 Å². The van der Waals surface area contributed by atoms with Gasteiger partial charge in [0.15, 0.2) is 11.6 Å². The Kier molecular flexibility index (Phi) is 13.2. The number of rotatable bonds is 7. The number of ether oxygens (including phenoxy) is 4. The van der Waals surface area contributed by atoms with Crippen molar-refractivity contribution < 1.29 is 43.0 Å². The average Bonchev–Trinajstić information content (AvgIpc) is 2.99. The summed E-state index contributed by atoms with van der Waals surface area (Å²) in [7, 11) is 0. The van der Waals surface area contributed by atoms with Crippen LogP contribution in [0.3, 0.4) is 0 Å². The molecule has 57 heavy (non-hydrogen) atoms. The maximum absolute atomic E-state index is 13.0. The minimum absolute atomic E-state index is 0.181. The number of nitro groups is 1. The van der Waals surface area contributed by atoms with Gasteiger partial charge in [0.1, 0.15) is 22.4 Å². The minimum atomic E-state index is -0.777. The second-order valence-electron chi connectivity index (χ2n) is 18.5. The maximum Gasteiger partial charge on any atom is 0.407 e. The number of nitro benzene ring substituents is 1. The van der Waals surface area contributed by atoms with Crippen molar-refractivity contribution in [1.29, 1.82) is 0 Å². The molecular weight excluding hydrogens is 742 g/mol. The number of piperidine rings is 2. The Morgan fingerprint density at radius 2 is 0.877 bits per heavy atom. The molecular formula is C38H59N9O10. The lowest BCUT2D eigenvalue weighted by atomic mass is 9.99. The minimum Gasteiger partial charge on any atom is -0.444 e. The molecule has 19 heteroatoms. The monoisotopic (exact) mass is 801 g/mol. The first kappa shape index (κ1) is 44.4. The summed E-state index contributed by atoms with van der Waals surface area (Å²) in [6.07, 6.45) is -1.98. The van der Waals surface area contributed by atoms with Gasteiger partial charge in [-0.25, -0.2) is 29.1 Å². The highest BCUT2D eigenvalue weighted by Gasteiger charge is 2.38. The lowest BCUT2D eigenvalue weighted by Gasteiger charge is -2.43. The second kappa shape index (κ2) is 17.0. The van der Waals surface area contributed by atoms with E-state index in [4.69, 9.17) is 28.9 Å². The molecule has 4 N–H and O–H groups in total. The average molecular weight is 802 g/mol. The van der Waals surface area contributed by atoms with Gasteiger partial charge in [-0.05, 0) is 102 Å². The number of carbonyl (C=O) groups is 4. The van der Waals surface area contributed by atoms with Crippen LogP contribution in [-0.2, 0) is 18.9 Å². The van der Waals surface area contributed by atoms with Crippen molar-refractivity contribution in [2.24, 2.45) is 0 Å². The fourth-order valence-electron chi connectivity index (χ4n) is 6.42. The van der Waals surface area contributed by atoms with Gasteiger partial charge in [-0.15, -0.1) is 0 Å². The van der Waals surface area contributed by atoms with Gasteiger partial charge < -0.3 is 50.0 Å². The summed E-state index contributed by atoms with van der Waals surface area (Å²) in [6.45, 7) is 21.8. The molecule has 0 aliphatic carbocycles. The Bertz CT molecular complexity index is 1740. The second-order valence-corrected chi connectivity index (χ2v) is 18.5. The number of benzene rings is 1. The number of carbonyl (C=O) groups excluding carboxylic acids is 4. The molecule has 2 aliphatic rings. The summed E-state index contributed by atoms with van der Waals surface area (Å²) in [4.78, 5) is 77.0. The molecule has 19 nitrogen and oxygen atoms in total.